The first kappa shape index (κ1) is 14.9. The van der Waals surface area contributed by atoms with E-state index < -0.39 is 6.61 Å². The number of alkyl halides is 2. The molecule has 20 heavy (non-hydrogen) atoms. The van der Waals surface area contributed by atoms with Crippen molar-refractivity contribution in [3.8, 4) is 11.5 Å². The minimum atomic E-state index is -2.96. The molecule has 1 aliphatic rings. The monoisotopic (exact) mass is 304 g/mol. The molecule has 5 nitrogen and oxygen atoms in total. The van der Waals surface area contributed by atoms with E-state index in [-0.39, 0.29) is 23.4 Å². The number of benzene rings is 1. The Bertz CT molecular complexity index is 482. The van der Waals surface area contributed by atoms with Crippen LogP contribution in [-0.4, -0.2) is 37.3 Å². The van der Waals surface area contributed by atoms with Crippen LogP contribution in [0, 0.1) is 0 Å². The molecule has 1 fully saturated rings. The van der Waals surface area contributed by atoms with Gasteiger partial charge >= 0.3 is 6.61 Å². The van der Waals surface area contributed by atoms with E-state index in [0.717, 1.165) is 5.88 Å². The number of anilines is 1. The Morgan fingerprint density at radius 3 is 2.90 bits per heavy atom. The summed E-state index contributed by atoms with van der Waals surface area (Å²) in [4.78, 5) is 11.9. The summed E-state index contributed by atoms with van der Waals surface area (Å²) in [5.74, 6) is 1.26. The Morgan fingerprint density at radius 1 is 1.50 bits per heavy atom. The normalized spacial score (nSPS) is 18.1. The molecular weight excluding hydrogens is 290 g/mol. The number of amides is 1. The fourth-order valence-electron chi connectivity index (χ4n) is 1.74. The fourth-order valence-corrected chi connectivity index (χ4v) is 2.68. The molecule has 1 aromatic rings. The van der Waals surface area contributed by atoms with Gasteiger partial charge in [-0.15, -0.1) is 11.8 Å². The molecule has 1 heterocycles. The highest BCUT2D eigenvalue weighted by Crippen LogP contribution is 2.31. The van der Waals surface area contributed by atoms with E-state index in [0.29, 0.717) is 11.4 Å². The lowest BCUT2D eigenvalue weighted by molar-refractivity contribution is -0.117. The van der Waals surface area contributed by atoms with Gasteiger partial charge in [-0.25, -0.2) is 0 Å². The van der Waals surface area contributed by atoms with Crippen LogP contribution in [-0.2, 0) is 4.79 Å². The van der Waals surface area contributed by atoms with Crippen LogP contribution in [0.25, 0.3) is 0 Å². The van der Waals surface area contributed by atoms with E-state index >= 15 is 0 Å². The fraction of sp³-hybridized carbons (Fsp3) is 0.417. The van der Waals surface area contributed by atoms with Gasteiger partial charge in [-0.3, -0.25) is 10.1 Å². The Kier molecular flexibility index (Phi) is 5.02. The maximum absolute atomic E-state index is 12.3. The number of hydrogen-bond acceptors (Lipinski definition) is 5. The van der Waals surface area contributed by atoms with E-state index in [1.54, 1.807) is 17.8 Å². The predicted octanol–water partition coefficient (Wildman–Crippen LogP) is 1.90. The molecule has 1 unspecified atom stereocenters. The number of methoxy groups -OCH3 is 1. The second-order valence-corrected chi connectivity index (χ2v) is 5.04. The Balaban J connectivity index is 2.09. The number of rotatable bonds is 5. The van der Waals surface area contributed by atoms with Crippen molar-refractivity contribution in [1.29, 1.82) is 0 Å². The van der Waals surface area contributed by atoms with Crippen LogP contribution >= 0.6 is 11.8 Å². The zero-order valence-electron chi connectivity index (χ0n) is 10.7. The van der Waals surface area contributed by atoms with Gasteiger partial charge in [0.1, 0.15) is 0 Å². The summed E-state index contributed by atoms with van der Waals surface area (Å²) < 4.78 is 33.9. The Morgan fingerprint density at radius 2 is 2.30 bits per heavy atom. The van der Waals surface area contributed by atoms with E-state index in [1.807, 2.05) is 0 Å². The zero-order valence-corrected chi connectivity index (χ0v) is 11.5. The first-order valence-electron chi connectivity index (χ1n) is 5.85. The number of ether oxygens (including phenoxy) is 2. The molecule has 0 aliphatic carbocycles. The summed E-state index contributed by atoms with van der Waals surface area (Å²) >= 11 is 1.62. The van der Waals surface area contributed by atoms with Crippen LogP contribution in [0.4, 0.5) is 14.5 Å². The average Bonchev–Trinajstić information content (AvgIpc) is 2.92. The molecule has 1 saturated heterocycles. The van der Waals surface area contributed by atoms with Gasteiger partial charge in [-0.2, -0.15) is 8.78 Å². The molecule has 0 spiro atoms. The van der Waals surface area contributed by atoms with Crippen molar-refractivity contribution in [3.05, 3.63) is 18.2 Å². The standard InChI is InChI=1S/C12H14F2N2O3S/c1-18-9-3-2-7(4-10(9)19-12(13)14)16-11(17)8-5-20-6-15-8/h2-4,8,12,15H,5-6H2,1H3,(H,16,17). The van der Waals surface area contributed by atoms with Crippen molar-refractivity contribution in [2.75, 3.05) is 24.1 Å². The highest BCUT2D eigenvalue weighted by atomic mass is 32.2. The van der Waals surface area contributed by atoms with Gasteiger partial charge in [0, 0.05) is 23.4 Å². The van der Waals surface area contributed by atoms with Crippen molar-refractivity contribution in [2.45, 2.75) is 12.7 Å². The molecule has 0 radical (unpaired) electrons. The SMILES string of the molecule is COc1ccc(NC(=O)C2CSCN2)cc1OC(F)F. The van der Waals surface area contributed by atoms with Crippen LogP contribution in [0.15, 0.2) is 18.2 Å². The van der Waals surface area contributed by atoms with Crippen LogP contribution in [0.1, 0.15) is 0 Å². The molecule has 1 aliphatic heterocycles. The van der Waals surface area contributed by atoms with Crippen molar-refractivity contribution in [2.24, 2.45) is 0 Å². The number of carbonyl (C=O) groups excluding carboxylic acids is 1. The molecular formula is C12H14F2N2O3S. The quantitative estimate of drug-likeness (QED) is 0.870. The smallest absolute Gasteiger partial charge is 0.387 e. The lowest BCUT2D eigenvalue weighted by atomic mass is 10.2. The van der Waals surface area contributed by atoms with E-state index in [9.17, 15) is 13.6 Å². The summed E-state index contributed by atoms with van der Waals surface area (Å²) in [6, 6.07) is 4.06. The number of hydrogen-bond donors (Lipinski definition) is 2. The lowest BCUT2D eigenvalue weighted by Gasteiger charge is -2.14. The Hall–Kier alpha value is -1.54. The Labute approximate surface area is 119 Å². The van der Waals surface area contributed by atoms with Gasteiger partial charge in [-0.05, 0) is 12.1 Å². The molecule has 0 bridgehead atoms. The molecule has 1 amide bonds. The van der Waals surface area contributed by atoms with Crippen LogP contribution < -0.4 is 20.1 Å². The molecule has 8 heteroatoms. The highest BCUT2D eigenvalue weighted by molar-refractivity contribution is 7.99. The third-order valence-electron chi connectivity index (χ3n) is 2.68. The van der Waals surface area contributed by atoms with Gasteiger partial charge < -0.3 is 14.8 Å². The molecule has 0 aromatic heterocycles. The zero-order chi connectivity index (χ0) is 14.5. The van der Waals surface area contributed by atoms with E-state index in [1.165, 1.54) is 19.2 Å². The highest BCUT2D eigenvalue weighted by Gasteiger charge is 2.22. The van der Waals surface area contributed by atoms with Crippen LogP contribution in [0.5, 0.6) is 11.5 Å². The minimum absolute atomic E-state index is 0.117. The van der Waals surface area contributed by atoms with Gasteiger partial charge in [0.25, 0.3) is 0 Å². The first-order chi connectivity index (χ1) is 9.60. The largest absolute Gasteiger partial charge is 0.493 e. The predicted molar refractivity (Wildman–Crippen MR) is 72.5 cm³/mol. The van der Waals surface area contributed by atoms with Gasteiger partial charge in [0.05, 0.1) is 13.2 Å². The number of nitrogens with one attached hydrogen (secondary N) is 2. The third kappa shape index (κ3) is 3.73. The molecule has 1 aromatic carbocycles. The van der Waals surface area contributed by atoms with E-state index in [2.05, 4.69) is 15.4 Å². The summed E-state index contributed by atoms with van der Waals surface area (Å²) in [5, 5.41) is 5.67. The molecule has 2 N–H and O–H groups in total. The second kappa shape index (κ2) is 6.76. The van der Waals surface area contributed by atoms with Crippen molar-refractivity contribution in [3.63, 3.8) is 0 Å². The number of thioether (sulfide) groups is 1. The van der Waals surface area contributed by atoms with Crippen molar-refractivity contribution < 1.29 is 23.0 Å². The average molecular weight is 304 g/mol. The molecule has 0 saturated carbocycles. The summed E-state index contributed by atoms with van der Waals surface area (Å²) in [5.41, 5.74) is 0.380. The van der Waals surface area contributed by atoms with Gasteiger partial charge in [-0.1, -0.05) is 0 Å². The van der Waals surface area contributed by atoms with Gasteiger partial charge in [0.2, 0.25) is 5.91 Å². The summed E-state index contributed by atoms with van der Waals surface area (Å²) in [7, 11) is 1.35. The van der Waals surface area contributed by atoms with Crippen LogP contribution in [0.3, 0.4) is 0 Å². The number of carbonyl (C=O) groups is 1. The van der Waals surface area contributed by atoms with Crippen LogP contribution in [0.2, 0.25) is 0 Å². The summed E-state index contributed by atoms with van der Waals surface area (Å²) in [6.45, 7) is -2.96. The summed E-state index contributed by atoms with van der Waals surface area (Å²) in [6.07, 6.45) is 0. The molecule has 2 rings (SSSR count). The third-order valence-corrected chi connectivity index (χ3v) is 3.62. The van der Waals surface area contributed by atoms with Crippen molar-refractivity contribution >= 4 is 23.4 Å². The molecule has 110 valence electrons. The minimum Gasteiger partial charge on any atom is -0.493 e. The second-order valence-electron chi connectivity index (χ2n) is 4.01. The lowest BCUT2D eigenvalue weighted by Crippen LogP contribution is -2.37. The van der Waals surface area contributed by atoms with E-state index in [4.69, 9.17) is 4.74 Å². The maximum Gasteiger partial charge on any atom is 0.387 e. The maximum atomic E-state index is 12.3. The molecule has 1 atom stereocenters. The number of halogens is 2. The topological polar surface area (TPSA) is 59.6 Å². The van der Waals surface area contributed by atoms with Crippen molar-refractivity contribution in [1.82, 2.24) is 5.32 Å². The first-order valence-corrected chi connectivity index (χ1v) is 7.00. The van der Waals surface area contributed by atoms with Gasteiger partial charge in [0.15, 0.2) is 11.5 Å².